The van der Waals surface area contributed by atoms with Gasteiger partial charge in [0, 0.05) is 35.7 Å². The topological polar surface area (TPSA) is 72.9 Å². The maximum Gasteiger partial charge on any atom is 0.247 e. The van der Waals surface area contributed by atoms with Gasteiger partial charge in [0.05, 0.1) is 11.4 Å². The Labute approximate surface area is 173 Å². The molecule has 5 rings (SSSR count). The molecule has 0 amide bonds. The van der Waals surface area contributed by atoms with E-state index in [2.05, 4.69) is 48.9 Å². The number of aryl methyl sites for hydroxylation is 2. The summed E-state index contributed by atoms with van der Waals surface area (Å²) in [5.41, 5.74) is 3.96. The highest BCUT2D eigenvalue weighted by Crippen LogP contribution is 2.40. The van der Waals surface area contributed by atoms with Gasteiger partial charge in [0.1, 0.15) is 11.6 Å². The van der Waals surface area contributed by atoms with Crippen molar-refractivity contribution in [3.05, 3.63) is 65.0 Å². The fourth-order valence-electron chi connectivity index (χ4n) is 3.79. The molecule has 8 heteroatoms. The van der Waals surface area contributed by atoms with E-state index in [1.807, 2.05) is 37.3 Å². The van der Waals surface area contributed by atoms with Gasteiger partial charge in [0.15, 0.2) is 0 Å². The normalized spacial score (nSPS) is 15.7. The monoisotopic (exact) mass is 406 g/mol. The van der Waals surface area contributed by atoms with Crippen LogP contribution in [-0.2, 0) is 0 Å². The zero-order valence-electron chi connectivity index (χ0n) is 16.3. The standard InChI is InChI=1S/C21H19ClN6O/c1-12-11-27(17-7-5-16(22)6-8-17)19-10-15(21-26-24-14(3)29-21)4-9-18(19)28-13(2)23-25-20(12)28/h4-10,12H,11H2,1-3H3. The molecule has 1 aliphatic rings. The van der Waals surface area contributed by atoms with Crippen molar-refractivity contribution in [1.82, 2.24) is 25.0 Å². The van der Waals surface area contributed by atoms with Crippen molar-refractivity contribution in [2.45, 2.75) is 26.7 Å². The number of hydrogen-bond acceptors (Lipinski definition) is 6. The lowest BCUT2D eigenvalue weighted by Crippen LogP contribution is -2.22. The molecular formula is C21H19ClN6O. The van der Waals surface area contributed by atoms with Crippen molar-refractivity contribution in [1.29, 1.82) is 0 Å². The number of hydrogen-bond donors (Lipinski definition) is 0. The summed E-state index contributed by atoms with van der Waals surface area (Å²) in [6.45, 7) is 6.67. The van der Waals surface area contributed by atoms with Crippen molar-refractivity contribution in [3.8, 4) is 17.1 Å². The average molecular weight is 407 g/mol. The van der Waals surface area contributed by atoms with Crippen LogP contribution < -0.4 is 4.90 Å². The van der Waals surface area contributed by atoms with Crippen LogP contribution in [0, 0.1) is 13.8 Å². The van der Waals surface area contributed by atoms with Gasteiger partial charge in [-0.1, -0.05) is 18.5 Å². The van der Waals surface area contributed by atoms with Crippen LogP contribution >= 0.6 is 11.6 Å². The SMILES string of the molecule is Cc1nnc(-c2ccc3c(c2)N(c2ccc(Cl)cc2)CC(C)c2nnc(C)n2-3)o1. The van der Waals surface area contributed by atoms with Crippen LogP contribution in [0.1, 0.15) is 30.4 Å². The second-order valence-corrected chi connectivity index (χ2v) is 7.70. The third kappa shape index (κ3) is 2.98. The number of rotatable bonds is 2. The van der Waals surface area contributed by atoms with Gasteiger partial charge in [-0.15, -0.1) is 20.4 Å². The molecule has 7 nitrogen and oxygen atoms in total. The molecule has 1 unspecified atom stereocenters. The molecule has 1 aliphatic heterocycles. The number of fused-ring (bicyclic) bond motifs is 3. The third-order valence-electron chi connectivity index (χ3n) is 5.17. The molecule has 3 heterocycles. The summed E-state index contributed by atoms with van der Waals surface area (Å²) in [6.07, 6.45) is 0. The minimum Gasteiger partial charge on any atom is -0.421 e. The minimum atomic E-state index is 0.174. The highest BCUT2D eigenvalue weighted by Gasteiger charge is 2.29. The Hall–Kier alpha value is -3.19. The van der Waals surface area contributed by atoms with Crippen molar-refractivity contribution in [2.75, 3.05) is 11.4 Å². The molecule has 0 aliphatic carbocycles. The van der Waals surface area contributed by atoms with E-state index in [9.17, 15) is 0 Å². The zero-order valence-corrected chi connectivity index (χ0v) is 17.1. The first-order valence-corrected chi connectivity index (χ1v) is 9.79. The Kier molecular flexibility index (Phi) is 4.13. The number of halogens is 1. The molecule has 1 atom stereocenters. The van der Waals surface area contributed by atoms with E-state index >= 15 is 0 Å². The maximum atomic E-state index is 6.13. The Bertz CT molecular complexity index is 1200. The third-order valence-corrected chi connectivity index (χ3v) is 5.42. The largest absolute Gasteiger partial charge is 0.421 e. The van der Waals surface area contributed by atoms with E-state index in [-0.39, 0.29) is 5.92 Å². The van der Waals surface area contributed by atoms with Gasteiger partial charge in [0.2, 0.25) is 11.8 Å². The van der Waals surface area contributed by atoms with Crippen LogP contribution in [0.5, 0.6) is 0 Å². The Morgan fingerprint density at radius 3 is 2.48 bits per heavy atom. The predicted octanol–water partition coefficient (Wildman–Crippen LogP) is 4.84. The number of benzene rings is 2. The molecule has 0 bridgehead atoms. The molecule has 0 saturated carbocycles. The van der Waals surface area contributed by atoms with E-state index in [0.717, 1.165) is 40.8 Å². The Balaban J connectivity index is 1.74. The van der Waals surface area contributed by atoms with Gasteiger partial charge >= 0.3 is 0 Å². The van der Waals surface area contributed by atoms with E-state index in [1.165, 1.54) is 0 Å². The lowest BCUT2D eigenvalue weighted by Gasteiger charge is -2.27. The molecule has 2 aromatic carbocycles. The smallest absolute Gasteiger partial charge is 0.247 e. The minimum absolute atomic E-state index is 0.174. The summed E-state index contributed by atoms with van der Waals surface area (Å²) in [5.74, 6) is 3.01. The van der Waals surface area contributed by atoms with Crippen molar-refractivity contribution < 1.29 is 4.42 Å². The predicted molar refractivity (Wildman–Crippen MR) is 111 cm³/mol. The second-order valence-electron chi connectivity index (χ2n) is 7.26. The van der Waals surface area contributed by atoms with Gasteiger partial charge in [-0.25, -0.2) is 0 Å². The van der Waals surface area contributed by atoms with Crippen molar-refractivity contribution in [3.63, 3.8) is 0 Å². The van der Waals surface area contributed by atoms with Gasteiger partial charge in [-0.3, -0.25) is 4.57 Å². The van der Waals surface area contributed by atoms with Gasteiger partial charge < -0.3 is 9.32 Å². The summed E-state index contributed by atoms with van der Waals surface area (Å²) in [4.78, 5) is 2.27. The van der Waals surface area contributed by atoms with E-state index in [4.69, 9.17) is 16.0 Å². The maximum absolute atomic E-state index is 6.13. The van der Waals surface area contributed by atoms with Crippen LogP contribution in [0.4, 0.5) is 11.4 Å². The first-order valence-electron chi connectivity index (χ1n) is 9.41. The molecular weight excluding hydrogens is 388 g/mol. The number of aromatic nitrogens is 5. The summed E-state index contributed by atoms with van der Waals surface area (Å²) in [6, 6.07) is 14.0. The van der Waals surface area contributed by atoms with Gasteiger partial charge in [0.25, 0.3) is 0 Å². The molecule has 0 N–H and O–H groups in total. The molecule has 0 fully saturated rings. The highest BCUT2D eigenvalue weighted by atomic mass is 35.5. The quantitative estimate of drug-likeness (QED) is 0.474. The molecule has 0 saturated heterocycles. The highest BCUT2D eigenvalue weighted by molar-refractivity contribution is 6.30. The lowest BCUT2D eigenvalue weighted by molar-refractivity contribution is 0.533. The zero-order chi connectivity index (χ0) is 20.1. The lowest BCUT2D eigenvalue weighted by atomic mass is 10.1. The molecule has 0 spiro atoms. The summed E-state index contributed by atoms with van der Waals surface area (Å²) >= 11 is 6.13. The second kappa shape index (κ2) is 6.70. The fraction of sp³-hybridized carbons (Fsp3) is 0.238. The van der Waals surface area contributed by atoms with Gasteiger partial charge in [-0.2, -0.15) is 0 Å². The number of nitrogens with zero attached hydrogens (tertiary/aromatic N) is 6. The van der Waals surface area contributed by atoms with Crippen molar-refractivity contribution in [2.24, 2.45) is 0 Å². The van der Waals surface area contributed by atoms with Crippen LogP contribution in [0.15, 0.2) is 46.9 Å². The first-order chi connectivity index (χ1) is 14.0. The molecule has 29 heavy (non-hydrogen) atoms. The van der Waals surface area contributed by atoms with Crippen LogP contribution in [0.3, 0.4) is 0 Å². The van der Waals surface area contributed by atoms with Crippen LogP contribution in [0.2, 0.25) is 5.02 Å². The van der Waals surface area contributed by atoms with E-state index < -0.39 is 0 Å². The molecule has 4 aromatic rings. The molecule has 0 radical (unpaired) electrons. The fourth-order valence-corrected chi connectivity index (χ4v) is 3.92. The first kappa shape index (κ1) is 17.9. The number of anilines is 2. The van der Waals surface area contributed by atoms with Crippen molar-refractivity contribution >= 4 is 23.0 Å². The summed E-state index contributed by atoms with van der Waals surface area (Å²) in [5, 5.41) is 17.6. The van der Waals surface area contributed by atoms with Crippen LogP contribution in [0.25, 0.3) is 17.1 Å². The van der Waals surface area contributed by atoms with E-state index in [0.29, 0.717) is 16.8 Å². The van der Waals surface area contributed by atoms with E-state index in [1.54, 1.807) is 6.92 Å². The van der Waals surface area contributed by atoms with Gasteiger partial charge in [-0.05, 0) is 49.4 Å². The Morgan fingerprint density at radius 1 is 0.966 bits per heavy atom. The van der Waals surface area contributed by atoms with Crippen LogP contribution in [-0.4, -0.2) is 31.5 Å². The molecule has 2 aromatic heterocycles. The Morgan fingerprint density at radius 2 is 1.76 bits per heavy atom. The molecule has 146 valence electrons. The average Bonchev–Trinajstić information content (AvgIpc) is 3.29. The summed E-state index contributed by atoms with van der Waals surface area (Å²) in [7, 11) is 0. The summed E-state index contributed by atoms with van der Waals surface area (Å²) < 4.78 is 7.78.